The molecule has 0 aliphatic rings. The molecular formula is C15H14N2O. The van der Waals surface area contributed by atoms with Gasteiger partial charge in [0.2, 0.25) is 5.89 Å². The Labute approximate surface area is 105 Å². The fourth-order valence-corrected chi connectivity index (χ4v) is 2.16. The van der Waals surface area contributed by atoms with Gasteiger partial charge in [-0.15, -0.1) is 0 Å². The summed E-state index contributed by atoms with van der Waals surface area (Å²) < 4.78 is 5.85. The number of benzene rings is 2. The van der Waals surface area contributed by atoms with Gasteiger partial charge in [0.25, 0.3) is 0 Å². The van der Waals surface area contributed by atoms with Crippen molar-refractivity contribution in [3.63, 3.8) is 0 Å². The van der Waals surface area contributed by atoms with E-state index in [-0.39, 0.29) is 0 Å². The molecule has 1 aromatic heterocycles. The second-order valence-electron chi connectivity index (χ2n) is 4.52. The summed E-state index contributed by atoms with van der Waals surface area (Å²) in [7, 11) is 0. The number of nitrogens with two attached hydrogens (primary N) is 1. The van der Waals surface area contributed by atoms with Crippen LogP contribution in [0.2, 0.25) is 0 Å². The van der Waals surface area contributed by atoms with E-state index in [4.69, 9.17) is 10.2 Å². The van der Waals surface area contributed by atoms with Crippen molar-refractivity contribution >= 4 is 16.8 Å². The third-order valence-electron chi connectivity index (χ3n) is 3.07. The molecule has 0 fully saturated rings. The first-order valence-electron chi connectivity index (χ1n) is 5.88. The number of hydrogen-bond donors (Lipinski definition) is 1. The summed E-state index contributed by atoms with van der Waals surface area (Å²) in [4.78, 5) is 4.52. The summed E-state index contributed by atoms with van der Waals surface area (Å²) in [6.07, 6.45) is 0. The molecule has 0 spiro atoms. The van der Waals surface area contributed by atoms with Crippen LogP contribution in [0.4, 0.5) is 5.69 Å². The molecule has 90 valence electrons. The Bertz CT molecular complexity index is 728. The lowest BCUT2D eigenvalue weighted by molar-refractivity contribution is 0.617. The molecule has 3 aromatic rings. The SMILES string of the molecule is Cc1ccccc1-c1nc2cc(N)cc(C)c2o1. The van der Waals surface area contributed by atoms with E-state index in [2.05, 4.69) is 4.98 Å². The zero-order valence-corrected chi connectivity index (χ0v) is 10.4. The van der Waals surface area contributed by atoms with E-state index in [9.17, 15) is 0 Å². The molecule has 18 heavy (non-hydrogen) atoms. The number of aryl methyl sites for hydroxylation is 2. The molecule has 1 heterocycles. The van der Waals surface area contributed by atoms with Crippen molar-refractivity contribution in [1.82, 2.24) is 4.98 Å². The first-order chi connectivity index (χ1) is 8.65. The van der Waals surface area contributed by atoms with Gasteiger partial charge in [0.1, 0.15) is 5.52 Å². The number of aromatic nitrogens is 1. The molecule has 0 saturated heterocycles. The molecule has 0 bridgehead atoms. The molecule has 0 aliphatic carbocycles. The van der Waals surface area contributed by atoms with Gasteiger partial charge >= 0.3 is 0 Å². The van der Waals surface area contributed by atoms with Crippen molar-refractivity contribution < 1.29 is 4.42 Å². The van der Waals surface area contributed by atoms with Crippen molar-refractivity contribution in [1.29, 1.82) is 0 Å². The molecule has 3 heteroatoms. The van der Waals surface area contributed by atoms with Crippen LogP contribution in [0.25, 0.3) is 22.6 Å². The van der Waals surface area contributed by atoms with Crippen LogP contribution < -0.4 is 5.73 Å². The van der Waals surface area contributed by atoms with E-state index >= 15 is 0 Å². The summed E-state index contributed by atoms with van der Waals surface area (Å²) in [5.74, 6) is 0.650. The maximum Gasteiger partial charge on any atom is 0.227 e. The minimum Gasteiger partial charge on any atom is -0.436 e. The van der Waals surface area contributed by atoms with Crippen molar-refractivity contribution in [3.05, 3.63) is 47.5 Å². The molecule has 0 aliphatic heterocycles. The highest BCUT2D eigenvalue weighted by Gasteiger charge is 2.12. The summed E-state index contributed by atoms with van der Waals surface area (Å²) in [5.41, 5.74) is 11.3. The Kier molecular flexibility index (Phi) is 2.33. The number of rotatable bonds is 1. The molecule has 0 radical (unpaired) electrons. The van der Waals surface area contributed by atoms with E-state index in [0.29, 0.717) is 11.6 Å². The van der Waals surface area contributed by atoms with Crippen LogP contribution in [0.15, 0.2) is 40.8 Å². The van der Waals surface area contributed by atoms with Crippen LogP contribution in [0.1, 0.15) is 11.1 Å². The van der Waals surface area contributed by atoms with Crippen molar-refractivity contribution in [2.75, 3.05) is 5.73 Å². The second-order valence-corrected chi connectivity index (χ2v) is 4.52. The molecule has 0 atom stereocenters. The second kappa shape index (κ2) is 3.88. The van der Waals surface area contributed by atoms with Crippen LogP contribution in [0.5, 0.6) is 0 Å². The van der Waals surface area contributed by atoms with Gasteiger partial charge < -0.3 is 10.2 Å². The zero-order valence-electron chi connectivity index (χ0n) is 10.4. The largest absolute Gasteiger partial charge is 0.436 e. The minimum atomic E-state index is 0.650. The minimum absolute atomic E-state index is 0.650. The third kappa shape index (κ3) is 1.64. The fourth-order valence-electron chi connectivity index (χ4n) is 2.16. The predicted octanol–water partition coefficient (Wildman–Crippen LogP) is 3.69. The van der Waals surface area contributed by atoms with E-state index in [1.807, 2.05) is 50.2 Å². The predicted molar refractivity (Wildman–Crippen MR) is 73.3 cm³/mol. The zero-order chi connectivity index (χ0) is 12.7. The van der Waals surface area contributed by atoms with Gasteiger partial charge in [0.15, 0.2) is 5.58 Å². The highest BCUT2D eigenvalue weighted by atomic mass is 16.3. The molecule has 2 N–H and O–H groups in total. The third-order valence-corrected chi connectivity index (χ3v) is 3.07. The smallest absolute Gasteiger partial charge is 0.227 e. The standard InChI is InChI=1S/C15H14N2O/c1-9-5-3-4-6-12(9)15-17-13-8-11(16)7-10(2)14(13)18-15/h3-8H,16H2,1-2H3. The van der Waals surface area contributed by atoms with E-state index < -0.39 is 0 Å². The van der Waals surface area contributed by atoms with Gasteiger partial charge in [-0.2, -0.15) is 0 Å². The summed E-state index contributed by atoms with van der Waals surface area (Å²) in [5, 5.41) is 0. The Morgan fingerprint density at radius 1 is 1.06 bits per heavy atom. The van der Waals surface area contributed by atoms with Gasteiger partial charge in [-0.05, 0) is 43.2 Å². The topological polar surface area (TPSA) is 52.0 Å². The number of hydrogen-bond acceptors (Lipinski definition) is 3. The first kappa shape index (κ1) is 10.8. The van der Waals surface area contributed by atoms with Gasteiger partial charge in [-0.25, -0.2) is 4.98 Å². The van der Waals surface area contributed by atoms with Gasteiger partial charge in [-0.3, -0.25) is 0 Å². The molecule has 0 saturated carbocycles. The van der Waals surface area contributed by atoms with E-state index in [0.717, 1.165) is 27.8 Å². The normalized spacial score (nSPS) is 11.0. The molecule has 2 aromatic carbocycles. The average molecular weight is 238 g/mol. The number of nitrogen functional groups attached to an aromatic ring is 1. The maximum absolute atomic E-state index is 5.85. The molecule has 0 amide bonds. The number of nitrogens with zero attached hydrogens (tertiary/aromatic N) is 1. The quantitative estimate of drug-likeness (QED) is 0.658. The number of fused-ring (bicyclic) bond motifs is 1. The van der Waals surface area contributed by atoms with Gasteiger partial charge in [0.05, 0.1) is 0 Å². The fraction of sp³-hybridized carbons (Fsp3) is 0.133. The highest BCUT2D eigenvalue weighted by molar-refractivity contribution is 5.82. The maximum atomic E-state index is 5.85. The summed E-state index contributed by atoms with van der Waals surface area (Å²) in [6, 6.07) is 11.8. The molecule has 3 nitrogen and oxygen atoms in total. The Morgan fingerprint density at radius 3 is 2.61 bits per heavy atom. The Balaban J connectivity index is 2.26. The first-order valence-corrected chi connectivity index (χ1v) is 5.88. The highest BCUT2D eigenvalue weighted by Crippen LogP contribution is 2.29. The summed E-state index contributed by atoms with van der Waals surface area (Å²) in [6.45, 7) is 4.02. The lowest BCUT2D eigenvalue weighted by Gasteiger charge is -1.99. The van der Waals surface area contributed by atoms with Crippen LogP contribution >= 0.6 is 0 Å². The van der Waals surface area contributed by atoms with Crippen molar-refractivity contribution in [3.8, 4) is 11.5 Å². The lowest BCUT2D eigenvalue weighted by Crippen LogP contribution is -1.85. The lowest BCUT2D eigenvalue weighted by atomic mass is 10.1. The number of anilines is 1. The van der Waals surface area contributed by atoms with Gasteiger partial charge in [0, 0.05) is 11.3 Å². The van der Waals surface area contributed by atoms with E-state index in [1.54, 1.807) is 0 Å². The van der Waals surface area contributed by atoms with Crippen LogP contribution in [0, 0.1) is 13.8 Å². The Hall–Kier alpha value is -2.29. The average Bonchev–Trinajstić information content (AvgIpc) is 2.73. The Morgan fingerprint density at radius 2 is 1.83 bits per heavy atom. The molecular weight excluding hydrogens is 224 g/mol. The van der Waals surface area contributed by atoms with Gasteiger partial charge in [-0.1, -0.05) is 18.2 Å². The van der Waals surface area contributed by atoms with Crippen LogP contribution in [-0.2, 0) is 0 Å². The van der Waals surface area contributed by atoms with E-state index in [1.165, 1.54) is 0 Å². The summed E-state index contributed by atoms with van der Waals surface area (Å²) >= 11 is 0. The van der Waals surface area contributed by atoms with Crippen LogP contribution in [0.3, 0.4) is 0 Å². The number of oxazole rings is 1. The van der Waals surface area contributed by atoms with Crippen molar-refractivity contribution in [2.45, 2.75) is 13.8 Å². The monoisotopic (exact) mass is 238 g/mol. The van der Waals surface area contributed by atoms with Crippen LogP contribution in [-0.4, -0.2) is 4.98 Å². The van der Waals surface area contributed by atoms with Crippen molar-refractivity contribution in [2.24, 2.45) is 0 Å². The molecule has 0 unspecified atom stereocenters. The molecule has 3 rings (SSSR count).